The van der Waals surface area contributed by atoms with Crippen LogP contribution in [-0.2, 0) is 0 Å². The standard InChI is InChI=1S/C19H19F3N4O2.C13H7ClF3N3O.C7H9BO2.C6H3BrClN3.C6H13NO.4CH4/c20-19(21,22)28-15-3-1-2-12(10-15)16-11-23-18-9-8-17(25-26(16)18)24-13-4-6-14(27)7-5-13;14-11-4-5-12-18-7-10(20(12)19-11)8-2-1-3-9(6-8)21-13(15,16)17;1-6-3-2-4-7(5-6)8(9)10;7-4-3-9-6-2-1-5(8)10-11(4)6;7-5-1-3-6(8)4-2-5;;;;/h1-3,8-11,13-14,27H,4-7H2,(H,24,25);1-7H;2-5,9-10H,1H3;1-3H;5-6,8H,1-4,7H2;4*1H4. The number of aromatic nitrogens is 9. The van der Waals surface area contributed by atoms with Crippen LogP contribution in [0.4, 0.5) is 32.2 Å². The van der Waals surface area contributed by atoms with Crippen molar-refractivity contribution in [3.8, 4) is 34.0 Å². The van der Waals surface area contributed by atoms with Crippen molar-refractivity contribution in [1.82, 2.24) is 43.8 Å². The molecular formula is C55H67BBrCl2F6N11O6. The molecule has 0 radical (unpaired) electrons. The van der Waals surface area contributed by atoms with E-state index in [1.54, 1.807) is 82.1 Å². The lowest BCUT2D eigenvalue weighted by atomic mass is 9.80. The molecular weight excluding hydrogens is 1190 g/mol. The highest BCUT2D eigenvalue weighted by molar-refractivity contribution is 9.10. The minimum atomic E-state index is -4.75. The van der Waals surface area contributed by atoms with Crippen molar-refractivity contribution >= 4 is 74.5 Å². The fourth-order valence-electron chi connectivity index (χ4n) is 8.08. The Morgan fingerprint density at radius 1 is 0.585 bits per heavy atom. The van der Waals surface area contributed by atoms with E-state index in [0.29, 0.717) is 56.3 Å². The Bertz CT molecular complexity index is 3370. The van der Waals surface area contributed by atoms with E-state index < -0.39 is 19.8 Å². The van der Waals surface area contributed by atoms with Gasteiger partial charge in [0.1, 0.15) is 32.2 Å². The minimum absolute atomic E-state index is 0. The zero-order chi connectivity index (χ0) is 56.1. The molecule has 6 aromatic heterocycles. The number of hydrogen-bond acceptors (Lipinski definition) is 14. The van der Waals surface area contributed by atoms with Crippen molar-refractivity contribution in [3.05, 3.63) is 148 Å². The van der Waals surface area contributed by atoms with Gasteiger partial charge < -0.3 is 40.8 Å². The first kappa shape index (κ1) is 69.7. The highest BCUT2D eigenvalue weighted by atomic mass is 79.9. The van der Waals surface area contributed by atoms with Crippen LogP contribution in [0.25, 0.3) is 39.5 Å². The van der Waals surface area contributed by atoms with E-state index in [2.05, 4.69) is 61.0 Å². The molecule has 2 aliphatic rings. The Morgan fingerprint density at radius 2 is 1.02 bits per heavy atom. The molecule has 9 aromatic rings. The zero-order valence-electron chi connectivity index (χ0n) is 41.3. The third-order valence-corrected chi connectivity index (χ3v) is 12.8. The van der Waals surface area contributed by atoms with Crippen molar-refractivity contribution in [2.75, 3.05) is 5.32 Å². The van der Waals surface area contributed by atoms with Gasteiger partial charge in [-0.2, -0.15) is 10.2 Å². The molecule has 0 amide bonds. The lowest BCUT2D eigenvalue weighted by Crippen LogP contribution is -2.29. The average Bonchev–Trinajstić information content (AvgIpc) is 4.35. The number of alkyl halides is 6. The maximum Gasteiger partial charge on any atom is 0.573 e. The van der Waals surface area contributed by atoms with Crippen molar-refractivity contribution < 1.29 is 56.1 Å². The lowest BCUT2D eigenvalue weighted by Gasteiger charge is -2.26. The average molecular weight is 1250 g/mol. The SMILES string of the molecule is C.C.C.C.Cc1cccc(B(O)O)c1.Clc1ccc2ncc(Br)n2n1.FC(F)(F)Oc1cccc(-c2cnc3ccc(Cl)nn23)c1.NC1CCC(O)CC1.OC1CCC(Nc2ccc3ncc(-c4cccc(OC(F)(F)F)c4)n3n2)CC1. The Kier molecular flexibility index (Phi) is 27.0. The number of ether oxygens (including phenoxy) is 2. The number of aryl methyl sites for hydroxylation is 1. The molecule has 2 saturated carbocycles. The molecule has 7 N–H and O–H groups in total. The van der Waals surface area contributed by atoms with Crippen molar-refractivity contribution in [3.63, 3.8) is 0 Å². The summed E-state index contributed by atoms with van der Waals surface area (Å²) in [5.74, 6) is 0.0443. The normalized spacial score (nSPS) is 16.4. The molecule has 3 aromatic carbocycles. The number of halogens is 9. The van der Waals surface area contributed by atoms with E-state index >= 15 is 0 Å². The summed E-state index contributed by atoms with van der Waals surface area (Å²) < 4.78 is 87.6. The van der Waals surface area contributed by atoms with Crippen molar-refractivity contribution in [1.29, 1.82) is 0 Å². The summed E-state index contributed by atoms with van der Waals surface area (Å²) in [5.41, 5.74) is 11.1. The van der Waals surface area contributed by atoms with Gasteiger partial charge in [-0.25, -0.2) is 28.5 Å². The summed E-state index contributed by atoms with van der Waals surface area (Å²) in [6.07, 6.45) is 1.99. The van der Waals surface area contributed by atoms with Crippen LogP contribution < -0.4 is 26.0 Å². The first-order valence-electron chi connectivity index (χ1n) is 24.1. The molecule has 17 nitrogen and oxygen atoms in total. The van der Waals surface area contributed by atoms with Gasteiger partial charge in [0, 0.05) is 23.2 Å². The number of aliphatic hydroxyl groups is 2. The lowest BCUT2D eigenvalue weighted by molar-refractivity contribution is -0.275. The van der Waals surface area contributed by atoms with E-state index in [4.69, 9.17) is 44.1 Å². The summed E-state index contributed by atoms with van der Waals surface area (Å²) in [4.78, 5) is 12.4. The summed E-state index contributed by atoms with van der Waals surface area (Å²) in [5, 5.41) is 52.7. The van der Waals surface area contributed by atoms with Crippen LogP contribution in [0.5, 0.6) is 11.5 Å². The molecule has 0 aliphatic heterocycles. The van der Waals surface area contributed by atoms with Crippen molar-refractivity contribution in [2.45, 2.75) is 125 Å². The van der Waals surface area contributed by atoms with E-state index in [0.717, 1.165) is 67.2 Å². The predicted octanol–water partition coefficient (Wildman–Crippen LogP) is 12.6. The molecule has 27 heteroatoms. The van der Waals surface area contributed by atoms with Gasteiger partial charge in [-0.05, 0) is 140 Å². The Morgan fingerprint density at radius 3 is 1.49 bits per heavy atom. The maximum atomic E-state index is 12.5. The third-order valence-electron chi connectivity index (χ3n) is 11.8. The number of nitrogens with zero attached hydrogens (tertiary/aromatic N) is 9. The van der Waals surface area contributed by atoms with Gasteiger partial charge in [0.05, 0.1) is 42.2 Å². The van der Waals surface area contributed by atoms with Crippen LogP contribution in [0.15, 0.2) is 132 Å². The number of rotatable bonds is 7. The number of anilines is 1. The first-order valence-corrected chi connectivity index (χ1v) is 25.6. The van der Waals surface area contributed by atoms with Crippen LogP contribution in [0.1, 0.15) is 86.6 Å². The number of nitrogens with one attached hydrogen (secondary N) is 1. The smallest absolute Gasteiger partial charge is 0.423 e. The van der Waals surface area contributed by atoms with Gasteiger partial charge in [0.25, 0.3) is 0 Å². The molecule has 0 spiro atoms. The Hall–Kier alpha value is -6.58. The van der Waals surface area contributed by atoms with Crippen LogP contribution in [-0.4, -0.2) is 108 Å². The minimum Gasteiger partial charge on any atom is -0.423 e. The van der Waals surface area contributed by atoms with Gasteiger partial charge in [-0.15, -0.1) is 31.4 Å². The number of aliphatic hydroxyl groups excluding tert-OH is 2. The number of nitrogens with two attached hydrogens (primary N) is 1. The fraction of sp³-hybridized carbons (Fsp3) is 0.345. The number of fused-ring (bicyclic) bond motifs is 3. The molecule has 444 valence electrons. The monoisotopic (exact) mass is 1250 g/mol. The second kappa shape index (κ2) is 31.7. The molecule has 0 saturated heterocycles. The quantitative estimate of drug-likeness (QED) is 0.0645. The summed E-state index contributed by atoms with van der Waals surface area (Å²) in [7, 11) is -1.35. The molecule has 6 heterocycles. The Labute approximate surface area is 490 Å². The predicted molar refractivity (Wildman–Crippen MR) is 313 cm³/mol. The first-order chi connectivity index (χ1) is 37.0. The van der Waals surface area contributed by atoms with Crippen LogP contribution >= 0.6 is 39.1 Å². The molecule has 82 heavy (non-hydrogen) atoms. The van der Waals surface area contributed by atoms with Gasteiger partial charge >= 0.3 is 19.8 Å². The van der Waals surface area contributed by atoms with Crippen molar-refractivity contribution in [2.24, 2.45) is 5.73 Å². The molecule has 2 aliphatic carbocycles. The van der Waals surface area contributed by atoms with Crippen LogP contribution in [0.2, 0.25) is 10.3 Å². The molecule has 0 unspecified atom stereocenters. The van der Waals surface area contributed by atoms with Gasteiger partial charge in [0.2, 0.25) is 0 Å². The van der Waals surface area contributed by atoms with E-state index in [1.807, 2.05) is 19.1 Å². The molecule has 11 rings (SSSR count). The second-order valence-electron chi connectivity index (χ2n) is 17.9. The fourth-order valence-corrected chi connectivity index (χ4v) is 8.73. The van der Waals surface area contributed by atoms with Gasteiger partial charge in [0.15, 0.2) is 16.9 Å². The highest BCUT2D eigenvalue weighted by Crippen LogP contribution is 2.31. The molecule has 2 fully saturated rings. The second-order valence-corrected chi connectivity index (χ2v) is 19.5. The van der Waals surface area contributed by atoms with Gasteiger partial charge in [-0.1, -0.05) is 107 Å². The van der Waals surface area contributed by atoms with Gasteiger partial charge in [-0.3, -0.25) is 0 Å². The number of imidazole rings is 3. The van der Waals surface area contributed by atoms with Crippen LogP contribution in [0.3, 0.4) is 0 Å². The zero-order valence-corrected chi connectivity index (χ0v) is 44.4. The summed E-state index contributed by atoms with van der Waals surface area (Å²) in [6, 6.07) is 29.4. The largest absolute Gasteiger partial charge is 0.573 e. The van der Waals surface area contributed by atoms with E-state index in [9.17, 15) is 31.4 Å². The van der Waals surface area contributed by atoms with E-state index in [1.165, 1.54) is 47.1 Å². The molecule has 0 bridgehead atoms. The third kappa shape index (κ3) is 21.0. The van der Waals surface area contributed by atoms with Crippen LogP contribution in [0, 0.1) is 6.92 Å². The highest BCUT2D eigenvalue weighted by Gasteiger charge is 2.32. The summed E-state index contributed by atoms with van der Waals surface area (Å²) in [6.45, 7) is 1.91. The topological polar surface area (TPSA) is 228 Å². The molecule has 0 atom stereocenters. The maximum absolute atomic E-state index is 12.5. The summed E-state index contributed by atoms with van der Waals surface area (Å²) >= 11 is 14.8. The van der Waals surface area contributed by atoms with E-state index in [-0.39, 0.29) is 64.6 Å². The number of hydrogen-bond donors (Lipinski definition) is 6. The Balaban J connectivity index is 0.000000287. The number of benzene rings is 3.